The molecule has 2 rings (SSSR count). The molecule has 0 amide bonds. The molecule has 2 aliphatic carbocycles. The molecule has 2 nitrogen and oxygen atoms in total. The zero-order valence-corrected chi connectivity index (χ0v) is 11.5. The van der Waals surface area contributed by atoms with Crippen molar-refractivity contribution in [3.8, 4) is 0 Å². The Labute approximate surface area is 106 Å². The molecule has 0 saturated heterocycles. The third-order valence-electron chi connectivity index (χ3n) is 4.94. The minimum Gasteiger partial charge on any atom is -0.396 e. The Morgan fingerprint density at radius 1 is 1.12 bits per heavy atom. The van der Waals surface area contributed by atoms with Crippen LogP contribution in [0.15, 0.2) is 0 Å². The highest BCUT2D eigenvalue weighted by molar-refractivity contribution is 4.87. The lowest BCUT2D eigenvalue weighted by Crippen LogP contribution is -2.37. The second-order valence-corrected chi connectivity index (χ2v) is 7.00. The summed E-state index contributed by atoms with van der Waals surface area (Å²) in [4.78, 5) is 0. The van der Waals surface area contributed by atoms with Crippen molar-refractivity contribution in [2.75, 3.05) is 13.2 Å². The maximum Gasteiger partial charge on any atom is 0.0462 e. The zero-order valence-electron chi connectivity index (χ0n) is 11.5. The SMILES string of the molecule is CC1(C)CCC(NCC2CCCCC2CO)C1. The molecule has 2 fully saturated rings. The van der Waals surface area contributed by atoms with E-state index in [4.69, 9.17) is 0 Å². The van der Waals surface area contributed by atoms with Gasteiger partial charge in [0.25, 0.3) is 0 Å². The number of hydrogen-bond acceptors (Lipinski definition) is 2. The van der Waals surface area contributed by atoms with E-state index in [-0.39, 0.29) is 0 Å². The Morgan fingerprint density at radius 3 is 2.41 bits per heavy atom. The fourth-order valence-electron chi connectivity index (χ4n) is 3.72. The molecule has 100 valence electrons. The fourth-order valence-corrected chi connectivity index (χ4v) is 3.72. The van der Waals surface area contributed by atoms with Gasteiger partial charge >= 0.3 is 0 Å². The third kappa shape index (κ3) is 3.69. The van der Waals surface area contributed by atoms with Crippen LogP contribution in [0.5, 0.6) is 0 Å². The fraction of sp³-hybridized carbons (Fsp3) is 1.00. The molecule has 0 bridgehead atoms. The van der Waals surface area contributed by atoms with Crippen LogP contribution in [-0.2, 0) is 0 Å². The molecular formula is C15H29NO. The van der Waals surface area contributed by atoms with Gasteiger partial charge in [-0.15, -0.1) is 0 Å². The van der Waals surface area contributed by atoms with Crippen molar-refractivity contribution in [1.82, 2.24) is 5.32 Å². The first-order valence-corrected chi connectivity index (χ1v) is 7.45. The van der Waals surface area contributed by atoms with Crippen molar-refractivity contribution in [3.05, 3.63) is 0 Å². The maximum absolute atomic E-state index is 9.41. The highest BCUT2D eigenvalue weighted by Crippen LogP contribution is 2.37. The molecule has 0 radical (unpaired) electrons. The number of rotatable bonds is 4. The summed E-state index contributed by atoms with van der Waals surface area (Å²) in [5.41, 5.74) is 0.542. The zero-order chi connectivity index (χ0) is 12.3. The van der Waals surface area contributed by atoms with E-state index in [1.807, 2.05) is 0 Å². The molecule has 0 spiro atoms. The van der Waals surface area contributed by atoms with Gasteiger partial charge < -0.3 is 10.4 Å². The molecule has 0 aromatic heterocycles. The summed E-state index contributed by atoms with van der Waals surface area (Å²) in [6, 6.07) is 0.728. The van der Waals surface area contributed by atoms with E-state index >= 15 is 0 Å². The van der Waals surface area contributed by atoms with Gasteiger partial charge in [-0.1, -0.05) is 26.7 Å². The molecule has 2 aliphatic rings. The summed E-state index contributed by atoms with van der Waals surface area (Å²) >= 11 is 0. The van der Waals surface area contributed by atoms with E-state index in [2.05, 4.69) is 19.2 Å². The van der Waals surface area contributed by atoms with E-state index in [1.165, 1.54) is 44.9 Å². The second kappa shape index (κ2) is 5.71. The molecule has 0 aromatic carbocycles. The van der Waals surface area contributed by atoms with E-state index < -0.39 is 0 Å². The monoisotopic (exact) mass is 239 g/mol. The lowest BCUT2D eigenvalue weighted by atomic mass is 9.79. The quantitative estimate of drug-likeness (QED) is 0.790. The van der Waals surface area contributed by atoms with Crippen LogP contribution in [0.25, 0.3) is 0 Å². The highest BCUT2D eigenvalue weighted by Gasteiger charge is 2.32. The molecule has 3 unspecified atom stereocenters. The normalized spacial score (nSPS) is 37.2. The van der Waals surface area contributed by atoms with Crippen LogP contribution in [0.3, 0.4) is 0 Å². The first kappa shape index (κ1) is 13.4. The Balaban J connectivity index is 1.74. The second-order valence-electron chi connectivity index (χ2n) is 7.00. The largest absolute Gasteiger partial charge is 0.396 e. The van der Waals surface area contributed by atoms with Gasteiger partial charge in [-0.05, 0) is 55.9 Å². The number of hydrogen-bond donors (Lipinski definition) is 2. The number of aliphatic hydroxyl groups excluding tert-OH is 1. The molecule has 17 heavy (non-hydrogen) atoms. The van der Waals surface area contributed by atoms with Crippen molar-refractivity contribution in [2.45, 2.75) is 64.8 Å². The molecular weight excluding hydrogens is 210 g/mol. The standard InChI is InChI=1S/C15H29NO/c1-15(2)8-7-14(9-15)16-10-12-5-3-4-6-13(12)11-17/h12-14,16-17H,3-11H2,1-2H3. The maximum atomic E-state index is 9.41. The first-order valence-electron chi connectivity index (χ1n) is 7.45. The average molecular weight is 239 g/mol. The van der Waals surface area contributed by atoms with Crippen LogP contribution in [0, 0.1) is 17.3 Å². The average Bonchev–Trinajstić information content (AvgIpc) is 2.67. The molecule has 0 aromatic rings. The van der Waals surface area contributed by atoms with E-state index in [9.17, 15) is 5.11 Å². The van der Waals surface area contributed by atoms with Gasteiger partial charge in [-0.2, -0.15) is 0 Å². The molecule has 0 heterocycles. The van der Waals surface area contributed by atoms with Crippen LogP contribution >= 0.6 is 0 Å². The van der Waals surface area contributed by atoms with Crippen LogP contribution in [0.1, 0.15) is 58.8 Å². The molecule has 2 N–H and O–H groups in total. The van der Waals surface area contributed by atoms with E-state index in [0.29, 0.717) is 17.9 Å². The molecule has 0 aliphatic heterocycles. The Bertz CT molecular complexity index is 239. The van der Waals surface area contributed by atoms with Crippen LogP contribution in [0.2, 0.25) is 0 Å². The smallest absolute Gasteiger partial charge is 0.0462 e. The van der Waals surface area contributed by atoms with Crippen LogP contribution < -0.4 is 5.32 Å². The highest BCUT2D eigenvalue weighted by atomic mass is 16.3. The lowest BCUT2D eigenvalue weighted by Gasteiger charge is -2.31. The van der Waals surface area contributed by atoms with E-state index in [0.717, 1.165) is 18.5 Å². The predicted octanol–water partition coefficient (Wildman–Crippen LogP) is 2.95. The Hall–Kier alpha value is -0.0800. The number of aliphatic hydroxyl groups is 1. The van der Waals surface area contributed by atoms with Gasteiger partial charge in [0.15, 0.2) is 0 Å². The van der Waals surface area contributed by atoms with Crippen molar-refractivity contribution in [2.24, 2.45) is 17.3 Å². The van der Waals surface area contributed by atoms with Gasteiger partial charge in [-0.3, -0.25) is 0 Å². The first-order chi connectivity index (χ1) is 8.11. The molecule has 2 heteroatoms. The minimum atomic E-state index is 0.391. The molecule has 2 saturated carbocycles. The summed E-state index contributed by atoms with van der Waals surface area (Å²) < 4.78 is 0. The van der Waals surface area contributed by atoms with Crippen LogP contribution in [0.4, 0.5) is 0 Å². The summed E-state index contributed by atoms with van der Waals surface area (Å²) in [6.45, 7) is 6.28. The van der Waals surface area contributed by atoms with Crippen molar-refractivity contribution in [3.63, 3.8) is 0 Å². The number of nitrogens with one attached hydrogen (secondary N) is 1. The van der Waals surface area contributed by atoms with Gasteiger partial charge in [0.2, 0.25) is 0 Å². The van der Waals surface area contributed by atoms with Crippen LogP contribution in [-0.4, -0.2) is 24.3 Å². The minimum absolute atomic E-state index is 0.391. The lowest BCUT2D eigenvalue weighted by molar-refractivity contribution is 0.130. The van der Waals surface area contributed by atoms with Gasteiger partial charge in [0, 0.05) is 12.6 Å². The summed E-state index contributed by atoms with van der Waals surface area (Å²) in [5, 5.41) is 13.2. The predicted molar refractivity (Wildman–Crippen MR) is 72.0 cm³/mol. The van der Waals surface area contributed by atoms with Crippen molar-refractivity contribution >= 4 is 0 Å². The van der Waals surface area contributed by atoms with Gasteiger partial charge in [0.1, 0.15) is 0 Å². The van der Waals surface area contributed by atoms with Gasteiger partial charge in [-0.25, -0.2) is 0 Å². The topological polar surface area (TPSA) is 32.3 Å². The van der Waals surface area contributed by atoms with Crippen molar-refractivity contribution < 1.29 is 5.11 Å². The van der Waals surface area contributed by atoms with E-state index in [1.54, 1.807) is 0 Å². The van der Waals surface area contributed by atoms with Crippen molar-refractivity contribution in [1.29, 1.82) is 0 Å². The summed E-state index contributed by atoms with van der Waals surface area (Å²) in [7, 11) is 0. The third-order valence-corrected chi connectivity index (χ3v) is 4.94. The van der Waals surface area contributed by atoms with Gasteiger partial charge in [0.05, 0.1) is 0 Å². The Kier molecular flexibility index (Phi) is 4.48. The Morgan fingerprint density at radius 2 is 1.82 bits per heavy atom. The molecule has 3 atom stereocenters. The summed E-state index contributed by atoms with van der Waals surface area (Å²) in [5.74, 6) is 1.28. The summed E-state index contributed by atoms with van der Waals surface area (Å²) in [6.07, 6.45) is 9.25.